The van der Waals surface area contributed by atoms with Crippen LogP contribution < -0.4 is 5.73 Å². The number of imidazole rings is 1. The zero-order valence-electron chi connectivity index (χ0n) is 8.61. The predicted octanol–water partition coefficient (Wildman–Crippen LogP) is 2.72. The summed E-state index contributed by atoms with van der Waals surface area (Å²) in [6.45, 7) is 0.617. The second kappa shape index (κ2) is 5.39. The second-order valence-corrected chi connectivity index (χ2v) is 4.67. The molecule has 2 rings (SSSR count). The lowest BCUT2D eigenvalue weighted by Crippen LogP contribution is -2.03. The highest BCUT2D eigenvalue weighted by atomic mass is 35.5. The summed E-state index contributed by atoms with van der Waals surface area (Å²) in [7, 11) is 0. The molecule has 0 radical (unpaired) electrons. The maximum atomic E-state index is 6.18. The van der Waals surface area contributed by atoms with Crippen LogP contribution in [0.1, 0.15) is 5.56 Å². The Hall–Kier alpha value is -0.970. The van der Waals surface area contributed by atoms with Gasteiger partial charge in [-0.3, -0.25) is 0 Å². The minimum atomic E-state index is 0.617. The monoisotopic (exact) mass is 253 g/mol. The standard InChI is InChI=1S/C11H12ClN3S/c12-9-3-1-2-8(4-5-13)10(9)16-11-14-6-7-15-11/h1-3,6-7H,4-5,13H2,(H,14,15). The largest absolute Gasteiger partial charge is 0.339 e. The Morgan fingerprint density at radius 3 is 3.00 bits per heavy atom. The van der Waals surface area contributed by atoms with Crippen molar-refractivity contribution in [1.82, 2.24) is 9.97 Å². The van der Waals surface area contributed by atoms with Gasteiger partial charge in [-0.15, -0.1) is 0 Å². The second-order valence-electron chi connectivity index (χ2n) is 3.26. The van der Waals surface area contributed by atoms with Crippen LogP contribution in [0.25, 0.3) is 0 Å². The third kappa shape index (κ3) is 2.58. The fourth-order valence-corrected chi connectivity index (χ4v) is 2.63. The van der Waals surface area contributed by atoms with Crippen LogP contribution in [0.15, 0.2) is 40.6 Å². The van der Waals surface area contributed by atoms with E-state index in [1.54, 1.807) is 12.4 Å². The maximum absolute atomic E-state index is 6.18. The van der Waals surface area contributed by atoms with E-state index in [-0.39, 0.29) is 0 Å². The number of H-pyrrole nitrogens is 1. The van der Waals surface area contributed by atoms with Crippen LogP contribution in [0, 0.1) is 0 Å². The van der Waals surface area contributed by atoms with Crippen molar-refractivity contribution in [3.63, 3.8) is 0 Å². The molecule has 0 amide bonds. The van der Waals surface area contributed by atoms with E-state index in [2.05, 4.69) is 9.97 Å². The number of aromatic nitrogens is 2. The molecule has 0 saturated carbocycles. The molecular weight excluding hydrogens is 242 g/mol. The van der Waals surface area contributed by atoms with E-state index in [0.717, 1.165) is 27.1 Å². The SMILES string of the molecule is NCCc1cccc(Cl)c1Sc1ncc[nH]1. The Morgan fingerprint density at radius 1 is 1.44 bits per heavy atom. The molecule has 0 bridgehead atoms. The molecule has 0 aliphatic heterocycles. The summed E-state index contributed by atoms with van der Waals surface area (Å²) < 4.78 is 0. The number of nitrogens with zero attached hydrogens (tertiary/aromatic N) is 1. The molecule has 84 valence electrons. The van der Waals surface area contributed by atoms with E-state index >= 15 is 0 Å². The van der Waals surface area contributed by atoms with Crippen LogP contribution in [0.4, 0.5) is 0 Å². The average molecular weight is 254 g/mol. The number of benzene rings is 1. The molecule has 1 aromatic heterocycles. The van der Waals surface area contributed by atoms with E-state index < -0.39 is 0 Å². The summed E-state index contributed by atoms with van der Waals surface area (Å²) in [5.41, 5.74) is 6.74. The molecule has 0 atom stereocenters. The fraction of sp³-hybridized carbons (Fsp3) is 0.182. The van der Waals surface area contributed by atoms with Crippen LogP contribution in [0.2, 0.25) is 5.02 Å². The van der Waals surface area contributed by atoms with Crippen LogP contribution in [-0.4, -0.2) is 16.5 Å². The Kier molecular flexibility index (Phi) is 3.88. The van der Waals surface area contributed by atoms with E-state index in [1.165, 1.54) is 11.8 Å². The first-order valence-corrected chi connectivity index (χ1v) is 6.15. The van der Waals surface area contributed by atoms with Crippen molar-refractivity contribution in [3.05, 3.63) is 41.2 Å². The van der Waals surface area contributed by atoms with Crippen LogP contribution in [0.3, 0.4) is 0 Å². The molecular formula is C11H12ClN3S. The van der Waals surface area contributed by atoms with Crippen molar-refractivity contribution in [1.29, 1.82) is 0 Å². The van der Waals surface area contributed by atoms with Gasteiger partial charge in [0, 0.05) is 17.3 Å². The highest BCUT2D eigenvalue weighted by molar-refractivity contribution is 7.99. The molecule has 2 aromatic rings. The Labute approximate surface area is 103 Å². The summed E-state index contributed by atoms with van der Waals surface area (Å²) in [6.07, 6.45) is 4.34. The molecule has 0 aliphatic rings. The average Bonchev–Trinajstić information content (AvgIpc) is 2.76. The summed E-state index contributed by atoms with van der Waals surface area (Å²) in [6, 6.07) is 5.87. The molecule has 1 aromatic carbocycles. The molecule has 16 heavy (non-hydrogen) atoms. The fourth-order valence-electron chi connectivity index (χ4n) is 1.42. The number of aromatic amines is 1. The van der Waals surface area contributed by atoms with Crippen molar-refractivity contribution >= 4 is 23.4 Å². The van der Waals surface area contributed by atoms with Gasteiger partial charge in [-0.25, -0.2) is 4.98 Å². The summed E-state index contributed by atoms with van der Waals surface area (Å²) >= 11 is 7.71. The smallest absolute Gasteiger partial charge is 0.170 e. The van der Waals surface area contributed by atoms with E-state index in [4.69, 9.17) is 17.3 Å². The predicted molar refractivity (Wildman–Crippen MR) is 66.9 cm³/mol. The molecule has 0 aliphatic carbocycles. The third-order valence-electron chi connectivity index (χ3n) is 2.13. The highest BCUT2D eigenvalue weighted by Crippen LogP contribution is 2.34. The molecule has 0 saturated heterocycles. The molecule has 5 heteroatoms. The van der Waals surface area contributed by atoms with Gasteiger partial charge in [-0.2, -0.15) is 0 Å². The van der Waals surface area contributed by atoms with Gasteiger partial charge in [0.15, 0.2) is 5.16 Å². The molecule has 0 spiro atoms. The van der Waals surface area contributed by atoms with Gasteiger partial charge in [-0.05, 0) is 24.6 Å². The zero-order chi connectivity index (χ0) is 11.4. The summed E-state index contributed by atoms with van der Waals surface area (Å²) in [5.74, 6) is 0. The Bertz CT molecular complexity index is 456. The van der Waals surface area contributed by atoms with Gasteiger partial charge >= 0.3 is 0 Å². The van der Waals surface area contributed by atoms with Crippen LogP contribution in [-0.2, 0) is 6.42 Å². The topological polar surface area (TPSA) is 54.7 Å². The van der Waals surface area contributed by atoms with Crippen LogP contribution >= 0.6 is 23.4 Å². The van der Waals surface area contributed by atoms with Gasteiger partial charge < -0.3 is 10.7 Å². The molecule has 3 N–H and O–H groups in total. The first-order valence-electron chi connectivity index (χ1n) is 4.96. The van der Waals surface area contributed by atoms with Crippen LogP contribution in [0.5, 0.6) is 0 Å². The van der Waals surface area contributed by atoms with Gasteiger partial charge in [0.2, 0.25) is 0 Å². The van der Waals surface area contributed by atoms with Crippen molar-refractivity contribution < 1.29 is 0 Å². The van der Waals surface area contributed by atoms with Crippen molar-refractivity contribution in [2.75, 3.05) is 6.54 Å². The van der Waals surface area contributed by atoms with E-state index in [1.807, 2.05) is 18.2 Å². The molecule has 0 unspecified atom stereocenters. The quantitative estimate of drug-likeness (QED) is 0.881. The third-order valence-corrected chi connectivity index (χ3v) is 3.66. The number of hydrogen-bond donors (Lipinski definition) is 2. The lowest BCUT2D eigenvalue weighted by atomic mass is 10.1. The van der Waals surface area contributed by atoms with Crippen molar-refractivity contribution in [2.45, 2.75) is 16.5 Å². The van der Waals surface area contributed by atoms with Crippen molar-refractivity contribution in [2.24, 2.45) is 5.73 Å². The Morgan fingerprint density at radius 2 is 2.31 bits per heavy atom. The lowest BCUT2D eigenvalue weighted by molar-refractivity contribution is 0.942. The number of rotatable bonds is 4. The van der Waals surface area contributed by atoms with Crippen molar-refractivity contribution in [3.8, 4) is 0 Å². The van der Waals surface area contributed by atoms with E-state index in [9.17, 15) is 0 Å². The molecule has 1 heterocycles. The first kappa shape index (κ1) is 11.5. The maximum Gasteiger partial charge on any atom is 0.170 e. The van der Waals surface area contributed by atoms with Gasteiger partial charge in [0.25, 0.3) is 0 Å². The number of nitrogens with two attached hydrogens (primary N) is 1. The minimum absolute atomic E-state index is 0.617. The first-order chi connectivity index (χ1) is 7.81. The molecule has 0 fully saturated rings. The van der Waals surface area contributed by atoms with Gasteiger partial charge in [0.05, 0.1) is 5.02 Å². The highest BCUT2D eigenvalue weighted by Gasteiger charge is 2.09. The van der Waals surface area contributed by atoms with Gasteiger partial charge in [-0.1, -0.05) is 35.5 Å². The Balaban J connectivity index is 2.30. The molecule has 3 nitrogen and oxygen atoms in total. The zero-order valence-corrected chi connectivity index (χ0v) is 10.2. The number of nitrogens with one attached hydrogen (secondary N) is 1. The van der Waals surface area contributed by atoms with Gasteiger partial charge in [0.1, 0.15) is 0 Å². The lowest BCUT2D eigenvalue weighted by Gasteiger charge is -2.08. The number of halogens is 1. The summed E-state index contributed by atoms with van der Waals surface area (Å²) in [5, 5.41) is 1.58. The minimum Gasteiger partial charge on any atom is -0.339 e. The van der Waals surface area contributed by atoms with E-state index in [0.29, 0.717) is 6.54 Å². The summed E-state index contributed by atoms with van der Waals surface area (Å²) in [4.78, 5) is 8.25. The normalized spacial score (nSPS) is 10.6. The number of hydrogen-bond acceptors (Lipinski definition) is 3.